The molecule has 10 unspecified atom stereocenters. The number of likely N-dealkylation sites (tertiary alicyclic amines) is 1. The first-order valence-corrected chi connectivity index (χ1v) is 17.6. The number of morpholine rings is 2. The van der Waals surface area contributed by atoms with Gasteiger partial charge in [0, 0.05) is 38.4 Å². The molecule has 4 heterocycles. The lowest BCUT2D eigenvalue weighted by Crippen LogP contribution is -2.77. The Labute approximate surface area is 261 Å². The summed E-state index contributed by atoms with van der Waals surface area (Å²) in [5, 5.41) is 6.51. The van der Waals surface area contributed by atoms with Crippen LogP contribution in [0.5, 0.6) is 0 Å². The van der Waals surface area contributed by atoms with Crippen LogP contribution in [0.4, 0.5) is 4.39 Å². The highest BCUT2D eigenvalue weighted by molar-refractivity contribution is 6.20. The van der Waals surface area contributed by atoms with E-state index in [1.807, 2.05) is 6.20 Å². The molecule has 4 N–H and O–H groups in total. The fraction of sp³-hybridized carbons (Fsp3) is 0.879. The molecule has 0 aromatic carbocycles. The van der Waals surface area contributed by atoms with Crippen molar-refractivity contribution < 1.29 is 23.5 Å². The molecule has 7 aliphatic rings. The molecule has 7 rings (SSSR count). The van der Waals surface area contributed by atoms with Gasteiger partial charge in [-0.2, -0.15) is 0 Å². The Morgan fingerprint density at radius 1 is 0.977 bits per heavy atom. The van der Waals surface area contributed by atoms with Crippen molar-refractivity contribution in [2.24, 2.45) is 23.5 Å². The van der Waals surface area contributed by atoms with Crippen molar-refractivity contribution in [3.63, 3.8) is 0 Å². The maximum atomic E-state index is 16.4. The van der Waals surface area contributed by atoms with Gasteiger partial charge < -0.3 is 35.6 Å². The number of ketones is 1. The number of hydrogen-bond acceptors (Lipinski definition) is 9. The quantitative estimate of drug-likeness (QED) is 0.259. The number of hydrogen-bond donors (Lipinski definition) is 3. The highest BCUT2D eigenvalue weighted by Crippen LogP contribution is 2.50. The van der Waals surface area contributed by atoms with E-state index >= 15 is 4.39 Å². The van der Waals surface area contributed by atoms with Gasteiger partial charge in [-0.05, 0) is 70.1 Å². The molecule has 0 aromatic rings. The number of halogens is 1. The molecule has 11 heteroatoms. The van der Waals surface area contributed by atoms with E-state index in [-0.39, 0.29) is 35.5 Å². The van der Waals surface area contributed by atoms with Crippen LogP contribution in [0, 0.1) is 17.8 Å². The molecule has 1 amide bonds. The van der Waals surface area contributed by atoms with Crippen LogP contribution in [-0.2, 0) is 19.1 Å². The van der Waals surface area contributed by atoms with Gasteiger partial charge >= 0.3 is 0 Å². The van der Waals surface area contributed by atoms with Crippen LogP contribution >= 0.6 is 0 Å². The lowest BCUT2D eigenvalue weighted by molar-refractivity contribution is -0.211. The van der Waals surface area contributed by atoms with Gasteiger partial charge in [0.15, 0.2) is 5.78 Å². The number of amides is 1. The van der Waals surface area contributed by atoms with Gasteiger partial charge in [-0.1, -0.05) is 25.7 Å². The van der Waals surface area contributed by atoms with E-state index in [4.69, 9.17) is 15.2 Å². The van der Waals surface area contributed by atoms with Gasteiger partial charge in [0.05, 0.1) is 55.0 Å². The van der Waals surface area contributed by atoms with E-state index in [1.54, 1.807) is 0 Å². The summed E-state index contributed by atoms with van der Waals surface area (Å²) in [6.45, 7) is 8.34. The maximum Gasteiger partial charge on any atom is 0.256 e. The zero-order valence-electron chi connectivity index (χ0n) is 26.2. The predicted octanol–water partition coefficient (Wildman–Crippen LogP) is 1.05. The zero-order valence-corrected chi connectivity index (χ0v) is 26.2. The van der Waals surface area contributed by atoms with Gasteiger partial charge in [0.1, 0.15) is 6.17 Å². The third-order valence-electron chi connectivity index (χ3n) is 12.0. The minimum Gasteiger partial charge on any atom is -0.379 e. The van der Waals surface area contributed by atoms with Crippen LogP contribution in [0.3, 0.4) is 0 Å². The Bertz CT molecular complexity index is 1070. The number of alkyl halides is 1. The van der Waals surface area contributed by atoms with Gasteiger partial charge in [-0.25, -0.2) is 4.39 Å². The monoisotopic (exact) mass is 616 g/mol. The SMILES string of the molecule is NC1C(F)C(NCCCN2CCOCC2)C2OC3CC4CCCCC4CC3N3C=C(C(=O)NCCN4CCCC4)C(=O)C1C23. The molecule has 3 aliphatic carbocycles. The second kappa shape index (κ2) is 13.6. The third-order valence-corrected chi connectivity index (χ3v) is 12.0. The van der Waals surface area contributed by atoms with Crippen molar-refractivity contribution in [2.75, 3.05) is 65.6 Å². The number of ether oxygens (including phenoxy) is 2. The van der Waals surface area contributed by atoms with E-state index in [1.165, 1.54) is 38.5 Å². The molecule has 0 bridgehead atoms. The number of carbonyl (C=O) groups excluding carboxylic acids is 2. The first kappa shape index (κ1) is 31.0. The summed E-state index contributed by atoms with van der Waals surface area (Å²) >= 11 is 0. The molecule has 6 fully saturated rings. The van der Waals surface area contributed by atoms with Crippen LogP contribution in [0.1, 0.15) is 57.8 Å². The Balaban J connectivity index is 1.11. The summed E-state index contributed by atoms with van der Waals surface area (Å²) in [5.41, 5.74) is 6.79. The third kappa shape index (κ3) is 6.09. The van der Waals surface area contributed by atoms with E-state index in [2.05, 4.69) is 25.3 Å². The first-order chi connectivity index (χ1) is 21.5. The molecule has 10 nitrogen and oxygen atoms in total. The summed E-state index contributed by atoms with van der Waals surface area (Å²) in [6.07, 6.45) is 10.0. The van der Waals surface area contributed by atoms with Crippen molar-refractivity contribution in [1.29, 1.82) is 0 Å². The highest BCUT2D eigenvalue weighted by Gasteiger charge is 2.62. The molecule has 0 aromatic heterocycles. The Morgan fingerprint density at radius 2 is 1.70 bits per heavy atom. The molecule has 3 saturated heterocycles. The summed E-state index contributed by atoms with van der Waals surface area (Å²) in [4.78, 5) is 34.5. The van der Waals surface area contributed by atoms with Crippen molar-refractivity contribution in [3.05, 3.63) is 11.8 Å². The molecule has 3 saturated carbocycles. The number of Topliss-reactive ketones (excluding diaryl/α,β-unsaturated/α-hetero) is 1. The summed E-state index contributed by atoms with van der Waals surface area (Å²) in [5.74, 6) is -0.231. The predicted molar refractivity (Wildman–Crippen MR) is 165 cm³/mol. The number of fused-ring (bicyclic) bond motifs is 3. The van der Waals surface area contributed by atoms with Crippen molar-refractivity contribution in [1.82, 2.24) is 25.3 Å². The second-order valence-corrected chi connectivity index (χ2v) is 14.5. The summed E-state index contributed by atoms with van der Waals surface area (Å²) < 4.78 is 28.7. The van der Waals surface area contributed by atoms with Gasteiger partial charge in [0.2, 0.25) is 0 Å². The summed E-state index contributed by atoms with van der Waals surface area (Å²) in [6, 6.07) is -1.90. The Hall–Kier alpha value is -1.63. The molecule has 246 valence electrons. The molecule has 0 radical (unpaired) electrons. The number of nitrogens with zero attached hydrogens (tertiary/aromatic N) is 3. The minimum absolute atomic E-state index is 0.0423. The van der Waals surface area contributed by atoms with E-state index in [0.717, 1.165) is 71.7 Å². The molecule has 44 heavy (non-hydrogen) atoms. The number of rotatable bonds is 9. The van der Waals surface area contributed by atoms with E-state index in [0.29, 0.717) is 24.9 Å². The molecular formula is C33H53FN6O4. The van der Waals surface area contributed by atoms with Crippen LogP contribution < -0.4 is 16.4 Å². The number of nitrogens with two attached hydrogens (primary N) is 1. The average Bonchev–Trinajstić information content (AvgIpc) is 3.56. The molecular weight excluding hydrogens is 563 g/mol. The lowest BCUT2D eigenvalue weighted by atomic mass is 9.64. The minimum atomic E-state index is -1.45. The maximum absolute atomic E-state index is 16.4. The molecule has 4 aliphatic heterocycles. The normalized spacial score (nSPS) is 41.0. The number of carbonyl (C=O) groups is 2. The van der Waals surface area contributed by atoms with E-state index in [9.17, 15) is 9.59 Å². The van der Waals surface area contributed by atoms with Crippen LogP contribution in [-0.4, -0.2) is 135 Å². The van der Waals surface area contributed by atoms with Crippen molar-refractivity contribution in [2.45, 2.75) is 100 Å². The molecule has 10 atom stereocenters. The lowest BCUT2D eigenvalue weighted by Gasteiger charge is -2.62. The fourth-order valence-corrected chi connectivity index (χ4v) is 9.62. The van der Waals surface area contributed by atoms with Crippen molar-refractivity contribution in [3.8, 4) is 0 Å². The van der Waals surface area contributed by atoms with Crippen LogP contribution in [0.25, 0.3) is 0 Å². The Morgan fingerprint density at radius 3 is 2.48 bits per heavy atom. The fourth-order valence-electron chi connectivity index (χ4n) is 9.62. The Kier molecular flexibility index (Phi) is 9.59. The highest BCUT2D eigenvalue weighted by atomic mass is 19.1. The van der Waals surface area contributed by atoms with Gasteiger partial charge in [-0.3, -0.25) is 14.5 Å². The summed E-state index contributed by atoms with van der Waals surface area (Å²) in [7, 11) is 0. The van der Waals surface area contributed by atoms with E-state index < -0.39 is 30.3 Å². The topological polar surface area (TPSA) is 112 Å². The van der Waals surface area contributed by atoms with Crippen LogP contribution in [0.2, 0.25) is 0 Å². The standard InChI is InChI=1S/C33H53FN6O4/c34-27-28(35)26-30-32(29(27)36-8-5-12-39-14-16-43-17-15-39)44-25-19-22-7-2-1-6-21(22)18-24(25)40(30)20-23(31(26)41)33(42)37-9-13-38-10-3-4-11-38/h20-22,24-30,32,36H,1-19,35H2,(H,37,42). The van der Waals surface area contributed by atoms with Crippen molar-refractivity contribution >= 4 is 11.7 Å². The van der Waals surface area contributed by atoms with Crippen LogP contribution in [0.15, 0.2) is 11.8 Å². The smallest absolute Gasteiger partial charge is 0.256 e. The van der Waals surface area contributed by atoms with Gasteiger partial charge in [0.25, 0.3) is 5.91 Å². The second-order valence-electron chi connectivity index (χ2n) is 14.5. The number of nitrogens with one attached hydrogen (secondary N) is 2. The molecule has 0 spiro atoms. The average molecular weight is 617 g/mol. The van der Waals surface area contributed by atoms with Gasteiger partial charge in [-0.15, -0.1) is 0 Å². The largest absolute Gasteiger partial charge is 0.379 e. The first-order valence-electron chi connectivity index (χ1n) is 17.6. The zero-order chi connectivity index (χ0) is 30.2.